The third-order valence-corrected chi connectivity index (χ3v) is 2.68. The van der Waals surface area contributed by atoms with Gasteiger partial charge in [0.05, 0.1) is 6.61 Å². The van der Waals surface area contributed by atoms with E-state index < -0.39 is 0 Å². The molecule has 0 unspecified atom stereocenters. The van der Waals surface area contributed by atoms with E-state index >= 15 is 0 Å². The second kappa shape index (κ2) is 5.16. The number of aryl methyl sites for hydroxylation is 1. The zero-order chi connectivity index (χ0) is 11.4. The van der Waals surface area contributed by atoms with Crippen molar-refractivity contribution in [1.29, 1.82) is 0 Å². The first-order valence-corrected chi connectivity index (χ1v) is 5.74. The smallest absolute Gasteiger partial charge is 0.231 e. The summed E-state index contributed by atoms with van der Waals surface area (Å²) in [6.07, 6.45) is 1.64. The quantitative estimate of drug-likeness (QED) is 0.754. The van der Waals surface area contributed by atoms with Gasteiger partial charge in [0.25, 0.3) is 0 Å². The van der Waals surface area contributed by atoms with Crippen molar-refractivity contribution in [3.63, 3.8) is 0 Å². The molecule has 0 fully saturated rings. The van der Waals surface area contributed by atoms with Crippen LogP contribution in [0.2, 0.25) is 0 Å². The van der Waals surface area contributed by atoms with E-state index in [9.17, 15) is 0 Å². The molecule has 1 aliphatic rings. The SMILES string of the molecule is CCOC(=S)CCc1ccc2c(c1)OCO2. The molecule has 1 aliphatic heterocycles. The van der Waals surface area contributed by atoms with Crippen LogP contribution in [0.15, 0.2) is 18.2 Å². The standard InChI is InChI=1S/C12H14O3S/c1-2-13-12(16)6-4-9-3-5-10-11(7-9)15-8-14-10/h3,5,7H,2,4,6,8H2,1H3. The van der Waals surface area contributed by atoms with Crippen molar-refractivity contribution < 1.29 is 14.2 Å². The fourth-order valence-corrected chi connectivity index (χ4v) is 1.80. The van der Waals surface area contributed by atoms with Gasteiger partial charge in [0.15, 0.2) is 16.5 Å². The molecule has 86 valence electrons. The molecule has 1 heterocycles. The van der Waals surface area contributed by atoms with E-state index in [0.717, 1.165) is 24.3 Å². The Balaban J connectivity index is 1.93. The van der Waals surface area contributed by atoms with Gasteiger partial charge in [-0.1, -0.05) is 6.07 Å². The topological polar surface area (TPSA) is 27.7 Å². The molecule has 0 bridgehead atoms. The van der Waals surface area contributed by atoms with Gasteiger partial charge in [0.2, 0.25) is 6.79 Å². The lowest BCUT2D eigenvalue weighted by molar-refractivity contribution is 0.174. The first kappa shape index (κ1) is 11.2. The highest BCUT2D eigenvalue weighted by Gasteiger charge is 2.13. The molecule has 0 spiro atoms. The first-order chi connectivity index (χ1) is 7.79. The van der Waals surface area contributed by atoms with E-state index in [4.69, 9.17) is 26.4 Å². The van der Waals surface area contributed by atoms with Crippen LogP contribution in [0, 0.1) is 0 Å². The Labute approximate surface area is 100 Å². The molecule has 0 radical (unpaired) electrons. The van der Waals surface area contributed by atoms with E-state index in [0.29, 0.717) is 18.5 Å². The van der Waals surface area contributed by atoms with E-state index in [1.54, 1.807) is 0 Å². The third kappa shape index (κ3) is 2.64. The molecule has 0 amide bonds. The molecule has 0 saturated heterocycles. The lowest BCUT2D eigenvalue weighted by Crippen LogP contribution is -2.02. The van der Waals surface area contributed by atoms with Crippen molar-refractivity contribution in [3.05, 3.63) is 23.8 Å². The van der Waals surface area contributed by atoms with Crippen LogP contribution < -0.4 is 9.47 Å². The lowest BCUT2D eigenvalue weighted by atomic mass is 10.1. The number of hydrogen-bond acceptors (Lipinski definition) is 4. The fraction of sp³-hybridized carbons (Fsp3) is 0.417. The zero-order valence-corrected chi connectivity index (χ0v) is 10.0. The Morgan fingerprint density at radius 2 is 2.19 bits per heavy atom. The maximum Gasteiger partial charge on any atom is 0.231 e. The number of thiocarbonyl (C=S) groups is 1. The van der Waals surface area contributed by atoms with Crippen molar-refractivity contribution in [3.8, 4) is 11.5 Å². The number of fused-ring (bicyclic) bond motifs is 1. The predicted molar refractivity (Wildman–Crippen MR) is 65.1 cm³/mol. The summed E-state index contributed by atoms with van der Waals surface area (Å²) in [6.45, 7) is 2.89. The normalized spacial score (nSPS) is 12.6. The molecule has 1 aromatic carbocycles. The van der Waals surface area contributed by atoms with Crippen LogP contribution in [0.1, 0.15) is 18.9 Å². The van der Waals surface area contributed by atoms with E-state index in [1.807, 2.05) is 25.1 Å². The monoisotopic (exact) mass is 238 g/mol. The number of ether oxygens (including phenoxy) is 3. The number of hydrogen-bond donors (Lipinski definition) is 0. The summed E-state index contributed by atoms with van der Waals surface area (Å²) in [5.74, 6) is 1.64. The fourth-order valence-electron chi connectivity index (χ4n) is 1.58. The Hall–Kier alpha value is -1.29. The van der Waals surface area contributed by atoms with Crippen LogP contribution in [0.4, 0.5) is 0 Å². The Morgan fingerprint density at radius 1 is 1.38 bits per heavy atom. The van der Waals surface area contributed by atoms with Crippen LogP contribution >= 0.6 is 12.2 Å². The van der Waals surface area contributed by atoms with Crippen molar-refractivity contribution in [2.45, 2.75) is 19.8 Å². The summed E-state index contributed by atoms with van der Waals surface area (Å²) < 4.78 is 15.8. The molecule has 1 aromatic rings. The molecular weight excluding hydrogens is 224 g/mol. The predicted octanol–water partition coefficient (Wildman–Crippen LogP) is 2.71. The Morgan fingerprint density at radius 3 is 3.00 bits per heavy atom. The summed E-state index contributed by atoms with van der Waals surface area (Å²) in [6, 6.07) is 5.96. The summed E-state index contributed by atoms with van der Waals surface area (Å²) in [5, 5.41) is 0.667. The number of benzene rings is 1. The van der Waals surface area contributed by atoms with Gasteiger partial charge in [-0.25, -0.2) is 0 Å². The highest BCUT2D eigenvalue weighted by Crippen LogP contribution is 2.32. The van der Waals surface area contributed by atoms with Crippen molar-refractivity contribution in [1.82, 2.24) is 0 Å². The molecule has 0 atom stereocenters. The molecule has 0 aromatic heterocycles. The largest absolute Gasteiger partial charge is 0.487 e. The highest BCUT2D eigenvalue weighted by molar-refractivity contribution is 7.80. The third-order valence-electron chi connectivity index (χ3n) is 2.36. The molecule has 4 heteroatoms. The number of rotatable bonds is 4. The molecule has 16 heavy (non-hydrogen) atoms. The van der Waals surface area contributed by atoms with E-state index in [1.165, 1.54) is 5.56 Å². The highest BCUT2D eigenvalue weighted by atomic mass is 32.1. The minimum Gasteiger partial charge on any atom is -0.487 e. The van der Waals surface area contributed by atoms with Crippen molar-refractivity contribution in [2.24, 2.45) is 0 Å². The van der Waals surface area contributed by atoms with Crippen molar-refractivity contribution >= 4 is 17.3 Å². The van der Waals surface area contributed by atoms with Gasteiger partial charge in [0, 0.05) is 6.42 Å². The van der Waals surface area contributed by atoms with Crippen LogP contribution in [-0.2, 0) is 11.2 Å². The van der Waals surface area contributed by atoms with Gasteiger partial charge in [-0.3, -0.25) is 0 Å². The maximum atomic E-state index is 5.31. The van der Waals surface area contributed by atoms with Crippen LogP contribution in [0.5, 0.6) is 11.5 Å². The van der Waals surface area contributed by atoms with Gasteiger partial charge < -0.3 is 14.2 Å². The van der Waals surface area contributed by atoms with Crippen LogP contribution in [0.3, 0.4) is 0 Å². The van der Waals surface area contributed by atoms with E-state index in [-0.39, 0.29) is 0 Å². The van der Waals surface area contributed by atoms with Gasteiger partial charge in [0.1, 0.15) is 0 Å². The summed E-state index contributed by atoms with van der Waals surface area (Å²) in [7, 11) is 0. The van der Waals surface area contributed by atoms with Crippen LogP contribution in [0.25, 0.3) is 0 Å². The second-order valence-corrected chi connectivity index (χ2v) is 3.95. The van der Waals surface area contributed by atoms with Gasteiger partial charge >= 0.3 is 0 Å². The van der Waals surface area contributed by atoms with Crippen LogP contribution in [-0.4, -0.2) is 18.5 Å². The minimum absolute atomic E-state index is 0.316. The average molecular weight is 238 g/mol. The molecular formula is C12H14O3S. The van der Waals surface area contributed by atoms with Gasteiger partial charge in [-0.05, 0) is 43.3 Å². The minimum atomic E-state index is 0.316. The molecule has 0 aliphatic carbocycles. The summed E-state index contributed by atoms with van der Waals surface area (Å²) in [5.41, 5.74) is 1.19. The van der Waals surface area contributed by atoms with Gasteiger partial charge in [-0.2, -0.15) is 0 Å². The second-order valence-electron chi connectivity index (χ2n) is 3.49. The molecule has 2 rings (SSSR count). The molecule has 3 nitrogen and oxygen atoms in total. The first-order valence-electron chi connectivity index (χ1n) is 5.33. The van der Waals surface area contributed by atoms with Gasteiger partial charge in [-0.15, -0.1) is 0 Å². The average Bonchev–Trinajstić information content (AvgIpc) is 2.74. The summed E-state index contributed by atoms with van der Waals surface area (Å²) >= 11 is 5.07. The summed E-state index contributed by atoms with van der Waals surface area (Å²) in [4.78, 5) is 0. The Bertz CT molecular complexity index is 390. The lowest BCUT2D eigenvalue weighted by Gasteiger charge is -2.05. The Kier molecular flexibility index (Phi) is 3.62. The maximum absolute atomic E-state index is 5.31. The van der Waals surface area contributed by atoms with E-state index in [2.05, 4.69) is 0 Å². The molecule has 0 saturated carbocycles. The zero-order valence-electron chi connectivity index (χ0n) is 9.19. The van der Waals surface area contributed by atoms with Crippen molar-refractivity contribution in [2.75, 3.05) is 13.4 Å². The molecule has 0 N–H and O–H groups in total.